The molecule has 2 N–H and O–H groups in total. The fourth-order valence-electron chi connectivity index (χ4n) is 1.09. The molecular weight excluding hydrogens is 140 g/mol. The van der Waals surface area contributed by atoms with Gasteiger partial charge in [0.25, 0.3) is 0 Å². The zero-order chi connectivity index (χ0) is 8.27. The van der Waals surface area contributed by atoms with E-state index in [1.807, 2.05) is 11.6 Å². The van der Waals surface area contributed by atoms with Crippen molar-refractivity contribution in [3.63, 3.8) is 0 Å². The standard InChI is InChI=1S/C7H14N4/c1-6(8)3-7(2)11-5-9-4-10-11/h4-7H,3,8H2,1-2H3. The third kappa shape index (κ3) is 2.31. The number of hydrogen-bond acceptors (Lipinski definition) is 3. The first kappa shape index (κ1) is 8.20. The summed E-state index contributed by atoms with van der Waals surface area (Å²) in [6, 6.07) is 0.562. The summed E-state index contributed by atoms with van der Waals surface area (Å²) in [7, 11) is 0. The highest BCUT2D eigenvalue weighted by atomic mass is 15.3. The monoisotopic (exact) mass is 154 g/mol. The third-order valence-electron chi connectivity index (χ3n) is 1.60. The maximum atomic E-state index is 5.64. The number of aromatic nitrogens is 3. The second-order valence-electron chi connectivity index (χ2n) is 2.94. The lowest BCUT2D eigenvalue weighted by atomic mass is 10.1. The summed E-state index contributed by atoms with van der Waals surface area (Å²) < 4.78 is 1.82. The van der Waals surface area contributed by atoms with Crippen LogP contribution in [0.4, 0.5) is 0 Å². The van der Waals surface area contributed by atoms with Crippen LogP contribution in [0.25, 0.3) is 0 Å². The first-order valence-corrected chi connectivity index (χ1v) is 3.80. The molecule has 0 aliphatic heterocycles. The molecule has 0 saturated carbocycles. The van der Waals surface area contributed by atoms with Gasteiger partial charge in [0.05, 0.1) is 6.04 Å². The van der Waals surface area contributed by atoms with Gasteiger partial charge in [-0.05, 0) is 20.3 Å². The Hall–Kier alpha value is -0.900. The first-order chi connectivity index (χ1) is 5.20. The Labute approximate surface area is 66.4 Å². The molecule has 0 bridgehead atoms. The molecule has 0 amide bonds. The van der Waals surface area contributed by atoms with Crippen molar-refractivity contribution in [2.45, 2.75) is 32.4 Å². The van der Waals surface area contributed by atoms with Gasteiger partial charge in [0, 0.05) is 6.04 Å². The van der Waals surface area contributed by atoms with Crippen molar-refractivity contribution in [3.05, 3.63) is 12.7 Å². The SMILES string of the molecule is CC(N)CC(C)n1cncn1. The minimum atomic E-state index is 0.217. The van der Waals surface area contributed by atoms with Crippen molar-refractivity contribution in [2.75, 3.05) is 0 Å². The predicted octanol–water partition coefficient (Wildman–Crippen LogP) is 0.576. The summed E-state index contributed by atoms with van der Waals surface area (Å²) in [5.41, 5.74) is 5.64. The van der Waals surface area contributed by atoms with Gasteiger partial charge in [-0.1, -0.05) is 0 Å². The van der Waals surface area contributed by atoms with Gasteiger partial charge >= 0.3 is 0 Å². The summed E-state index contributed by atoms with van der Waals surface area (Å²) in [4.78, 5) is 3.86. The molecule has 1 aromatic rings. The van der Waals surface area contributed by atoms with E-state index in [-0.39, 0.29) is 6.04 Å². The molecule has 2 atom stereocenters. The molecule has 62 valence electrons. The fraction of sp³-hybridized carbons (Fsp3) is 0.714. The summed E-state index contributed by atoms with van der Waals surface area (Å²) >= 11 is 0. The van der Waals surface area contributed by atoms with Crippen molar-refractivity contribution in [3.8, 4) is 0 Å². The molecule has 1 heterocycles. The minimum Gasteiger partial charge on any atom is -0.328 e. The van der Waals surface area contributed by atoms with E-state index in [0.717, 1.165) is 6.42 Å². The van der Waals surface area contributed by atoms with Crippen LogP contribution in [0, 0.1) is 0 Å². The van der Waals surface area contributed by atoms with E-state index in [0.29, 0.717) is 6.04 Å². The van der Waals surface area contributed by atoms with E-state index >= 15 is 0 Å². The summed E-state index contributed by atoms with van der Waals surface area (Å²) in [6.07, 6.45) is 4.19. The topological polar surface area (TPSA) is 56.7 Å². The van der Waals surface area contributed by atoms with Crippen LogP contribution in [0.1, 0.15) is 26.3 Å². The van der Waals surface area contributed by atoms with Gasteiger partial charge in [-0.25, -0.2) is 4.98 Å². The fourth-order valence-corrected chi connectivity index (χ4v) is 1.09. The summed E-state index contributed by atoms with van der Waals surface area (Å²) in [5, 5.41) is 4.02. The molecule has 0 saturated heterocycles. The number of nitrogens with two attached hydrogens (primary N) is 1. The molecular formula is C7H14N4. The lowest BCUT2D eigenvalue weighted by Crippen LogP contribution is -2.20. The third-order valence-corrected chi connectivity index (χ3v) is 1.60. The Balaban J connectivity index is 2.49. The van der Waals surface area contributed by atoms with Gasteiger partial charge < -0.3 is 5.73 Å². The molecule has 0 fully saturated rings. The molecule has 4 heteroatoms. The van der Waals surface area contributed by atoms with Crippen LogP contribution in [0.3, 0.4) is 0 Å². The van der Waals surface area contributed by atoms with Crippen LogP contribution >= 0.6 is 0 Å². The largest absolute Gasteiger partial charge is 0.328 e. The van der Waals surface area contributed by atoms with E-state index in [9.17, 15) is 0 Å². The molecule has 2 unspecified atom stereocenters. The van der Waals surface area contributed by atoms with Gasteiger partial charge in [-0.2, -0.15) is 5.10 Å². The lowest BCUT2D eigenvalue weighted by molar-refractivity contribution is 0.427. The highest BCUT2D eigenvalue weighted by Gasteiger charge is 2.06. The summed E-state index contributed by atoms with van der Waals surface area (Å²) in [5.74, 6) is 0. The van der Waals surface area contributed by atoms with Crippen molar-refractivity contribution < 1.29 is 0 Å². The smallest absolute Gasteiger partial charge is 0.137 e. The molecule has 0 spiro atoms. The van der Waals surface area contributed by atoms with Crippen LogP contribution in [-0.4, -0.2) is 20.8 Å². The molecule has 1 aromatic heterocycles. The van der Waals surface area contributed by atoms with Gasteiger partial charge in [0.2, 0.25) is 0 Å². The summed E-state index contributed by atoms with van der Waals surface area (Å²) in [6.45, 7) is 4.07. The minimum absolute atomic E-state index is 0.217. The van der Waals surface area contributed by atoms with E-state index in [4.69, 9.17) is 5.73 Å². The van der Waals surface area contributed by atoms with Crippen LogP contribution in [0.15, 0.2) is 12.7 Å². The normalized spacial score (nSPS) is 16.3. The average Bonchev–Trinajstić information content (AvgIpc) is 2.35. The van der Waals surface area contributed by atoms with Crippen molar-refractivity contribution in [1.29, 1.82) is 0 Å². The second-order valence-corrected chi connectivity index (χ2v) is 2.94. The number of rotatable bonds is 3. The molecule has 4 nitrogen and oxygen atoms in total. The molecule has 11 heavy (non-hydrogen) atoms. The molecule has 0 radical (unpaired) electrons. The highest BCUT2D eigenvalue weighted by molar-refractivity contribution is 4.68. The second kappa shape index (κ2) is 3.48. The Kier molecular flexibility index (Phi) is 2.59. The Bertz CT molecular complexity index is 192. The van der Waals surface area contributed by atoms with Gasteiger partial charge in [-0.3, -0.25) is 4.68 Å². The van der Waals surface area contributed by atoms with E-state index in [1.54, 1.807) is 6.33 Å². The maximum Gasteiger partial charge on any atom is 0.137 e. The van der Waals surface area contributed by atoms with Gasteiger partial charge in [0.1, 0.15) is 12.7 Å². The van der Waals surface area contributed by atoms with E-state index in [2.05, 4.69) is 17.0 Å². The zero-order valence-electron chi connectivity index (χ0n) is 6.94. The Morgan fingerprint density at radius 3 is 2.73 bits per heavy atom. The predicted molar refractivity (Wildman–Crippen MR) is 43.0 cm³/mol. The zero-order valence-corrected chi connectivity index (χ0v) is 6.94. The van der Waals surface area contributed by atoms with Crippen molar-refractivity contribution in [1.82, 2.24) is 14.8 Å². The van der Waals surface area contributed by atoms with E-state index < -0.39 is 0 Å². The van der Waals surface area contributed by atoms with Crippen molar-refractivity contribution in [2.24, 2.45) is 5.73 Å². The molecule has 0 aliphatic rings. The first-order valence-electron chi connectivity index (χ1n) is 3.80. The highest BCUT2D eigenvalue weighted by Crippen LogP contribution is 2.08. The van der Waals surface area contributed by atoms with Gasteiger partial charge in [-0.15, -0.1) is 0 Å². The van der Waals surface area contributed by atoms with Crippen molar-refractivity contribution >= 4 is 0 Å². The Morgan fingerprint density at radius 2 is 2.27 bits per heavy atom. The Morgan fingerprint density at radius 1 is 1.55 bits per heavy atom. The number of hydrogen-bond donors (Lipinski definition) is 1. The van der Waals surface area contributed by atoms with E-state index in [1.165, 1.54) is 6.33 Å². The van der Waals surface area contributed by atoms with Crippen LogP contribution in [0.5, 0.6) is 0 Å². The average molecular weight is 154 g/mol. The molecule has 0 aromatic carbocycles. The van der Waals surface area contributed by atoms with Crippen LogP contribution < -0.4 is 5.73 Å². The van der Waals surface area contributed by atoms with Crippen LogP contribution in [0.2, 0.25) is 0 Å². The van der Waals surface area contributed by atoms with Gasteiger partial charge in [0.15, 0.2) is 0 Å². The molecule has 1 rings (SSSR count). The quantitative estimate of drug-likeness (QED) is 0.692. The molecule has 0 aliphatic carbocycles. The lowest BCUT2D eigenvalue weighted by Gasteiger charge is -2.12. The maximum absolute atomic E-state index is 5.64. The van der Waals surface area contributed by atoms with Crippen LogP contribution in [-0.2, 0) is 0 Å². The number of nitrogens with zero attached hydrogens (tertiary/aromatic N) is 3.